The van der Waals surface area contributed by atoms with Crippen LogP contribution >= 0.6 is 11.3 Å². The number of hydrogen-bond acceptors (Lipinski definition) is 5. The molecule has 5 nitrogen and oxygen atoms in total. The molecule has 6 heteroatoms. The van der Waals surface area contributed by atoms with Gasteiger partial charge in [0.05, 0.1) is 11.5 Å². The number of rotatable bonds is 9. The molecule has 2 heterocycles. The third-order valence-corrected chi connectivity index (χ3v) is 6.08. The number of nitro benzene ring substituents is 1. The number of non-ortho nitro benzene ring substituents is 1. The molecule has 0 saturated carbocycles. The maximum Gasteiger partial charge on any atom is 0.269 e. The van der Waals surface area contributed by atoms with Gasteiger partial charge in [-0.05, 0) is 66.4 Å². The van der Waals surface area contributed by atoms with E-state index in [1.54, 1.807) is 23.5 Å². The quantitative estimate of drug-likeness (QED) is 0.331. The Morgan fingerprint density at radius 3 is 2.74 bits per heavy atom. The summed E-state index contributed by atoms with van der Waals surface area (Å²) in [7, 11) is 0. The summed E-state index contributed by atoms with van der Waals surface area (Å²) in [5, 5.41) is 15.2. The first-order valence-corrected chi connectivity index (χ1v) is 10.7. The van der Waals surface area contributed by atoms with E-state index in [0.29, 0.717) is 24.2 Å². The molecule has 2 unspecified atom stereocenters. The molecule has 0 radical (unpaired) electrons. The molecule has 2 atom stereocenters. The summed E-state index contributed by atoms with van der Waals surface area (Å²) in [6, 6.07) is 8.63. The first-order chi connectivity index (χ1) is 13.2. The lowest BCUT2D eigenvalue weighted by molar-refractivity contribution is -0.384. The number of thiophene rings is 1. The minimum atomic E-state index is -0.383. The summed E-state index contributed by atoms with van der Waals surface area (Å²) in [6.45, 7) is 6.25. The van der Waals surface area contributed by atoms with Crippen LogP contribution in [-0.2, 0) is 0 Å². The summed E-state index contributed by atoms with van der Waals surface area (Å²) in [4.78, 5) is 13.0. The fourth-order valence-electron chi connectivity index (χ4n) is 3.86. The van der Waals surface area contributed by atoms with Crippen molar-refractivity contribution in [1.29, 1.82) is 0 Å². The Morgan fingerprint density at radius 1 is 1.26 bits per heavy atom. The van der Waals surface area contributed by atoms with Gasteiger partial charge < -0.3 is 9.64 Å². The van der Waals surface area contributed by atoms with Gasteiger partial charge in [-0.25, -0.2) is 0 Å². The molecule has 1 saturated heterocycles. The Morgan fingerprint density at radius 2 is 2.07 bits per heavy atom. The predicted octanol–water partition coefficient (Wildman–Crippen LogP) is 5.33. The monoisotopic (exact) mass is 388 g/mol. The summed E-state index contributed by atoms with van der Waals surface area (Å²) in [5.41, 5.74) is 1.52. The molecule has 146 valence electrons. The highest BCUT2D eigenvalue weighted by molar-refractivity contribution is 7.07. The van der Waals surface area contributed by atoms with Gasteiger partial charge in [0.1, 0.15) is 5.75 Å². The van der Waals surface area contributed by atoms with Crippen LogP contribution in [0.4, 0.5) is 5.69 Å². The molecular formula is C21H28N2O3S. The van der Waals surface area contributed by atoms with Crippen LogP contribution in [-0.4, -0.2) is 36.1 Å². The summed E-state index contributed by atoms with van der Waals surface area (Å²) >= 11 is 1.75. The average molecular weight is 389 g/mol. The topological polar surface area (TPSA) is 55.6 Å². The maximum atomic E-state index is 10.8. The molecule has 1 aromatic carbocycles. The number of likely N-dealkylation sites (tertiary alicyclic amines) is 1. The van der Waals surface area contributed by atoms with Crippen molar-refractivity contribution in [2.24, 2.45) is 5.92 Å². The van der Waals surface area contributed by atoms with E-state index in [1.807, 2.05) is 0 Å². The molecule has 0 aliphatic carbocycles. The average Bonchev–Trinajstić information content (AvgIpc) is 3.21. The lowest BCUT2D eigenvalue weighted by atomic mass is 9.82. The summed E-state index contributed by atoms with van der Waals surface area (Å²) in [5.74, 6) is 1.66. The van der Waals surface area contributed by atoms with Crippen LogP contribution in [0.3, 0.4) is 0 Å². The maximum absolute atomic E-state index is 10.8. The zero-order chi connectivity index (χ0) is 19.1. The molecule has 27 heavy (non-hydrogen) atoms. The van der Waals surface area contributed by atoms with E-state index in [0.717, 1.165) is 26.1 Å². The second kappa shape index (κ2) is 9.85. The van der Waals surface area contributed by atoms with E-state index in [2.05, 4.69) is 28.7 Å². The number of piperidine rings is 1. The van der Waals surface area contributed by atoms with Crippen molar-refractivity contribution in [3.05, 3.63) is 56.8 Å². The zero-order valence-corrected chi connectivity index (χ0v) is 16.7. The number of nitrogens with zero attached hydrogens (tertiary/aromatic N) is 2. The van der Waals surface area contributed by atoms with Gasteiger partial charge in [-0.1, -0.05) is 19.8 Å². The van der Waals surface area contributed by atoms with Gasteiger partial charge in [-0.3, -0.25) is 10.1 Å². The molecule has 3 rings (SSSR count). The van der Waals surface area contributed by atoms with Gasteiger partial charge in [0.15, 0.2) is 0 Å². The van der Waals surface area contributed by atoms with Gasteiger partial charge in [0.25, 0.3) is 5.69 Å². The molecule has 1 fully saturated rings. The van der Waals surface area contributed by atoms with Crippen molar-refractivity contribution in [2.45, 2.75) is 38.5 Å². The van der Waals surface area contributed by atoms with Gasteiger partial charge >= 0.3 is 0 Å². The molecule has 0 bridgehead atoms. The second-order valence-electron chi connectivity index (χ2n) is 7.28. The SMILES string of the molecule is CCCCCN1CCC(c2ccsc2)C(COc2ccc([N+](=O)[O-])cc2)C1. The summed E-state index contributed by atoms with van der Waals surface area (Å²) < 4.78 is 6.04. The molecule has 0 N–H and O–H groups in total. The first kappa shape index (κ1) is 19.8. The lowest BCUT2D eigenvalue weighted by Gasteiger charge is -2.38. The standard InChI is InChI=1S/C21H28N2O3S/c1-2-3-4-11-22-12-9-21(17-10-13-27-16-17)18(14-22)15-26-20-7-5-19(6-8-20)23(24)25/h5-8,10,13,16,18,21H,2-4,9,11-12,14-15H2,1H3. The van der Waals surface area contributed by atoms with E-state index in [9.17, 15) is 10.1 Å². The van der Waals surface area contributed by atoms with Crippen LogP contribution in [0.5, 0.6) is 5.75 Å². The number of hydrogen-bond donors (Lipinski definition) is 0. The summed E-state index contributed by atoms with van der Waals surface area (Å²) in [6.07, 6.45) is 4.96. The lowest BCUT2D eigenvalue weighted by Crippen LogP contribution is -2.42. The number of ether oxygens (including phenoxy) is 1. The van der Waals surface area contributed by atoms with Gasteiger partial charge in [-0.2, -0.15) is 11.3 Å². The van der Waals surface area contributed by atoms with Gasteiger partial charge in [-0.15, -0.1) is 0 Å². The highest BCUT2D eigenvalue weighted by Gasteiger charge is 2.31. The number of benzene rings is 1. The normalized spacial score (nSPS) is 20.5. The van der Waals surface area contributed by atoms with E-state index >= 15 is 0 Å². The first-order valence-electron chi connectivity index (χ1n) is 9.79. The smallest absolute Gasteiger partial charge is 0.269 e. The zero-order valence-electron chi connectivity index (χ0n) is 15.9. The fraction of sp³-hybridized carbons (Fsp3) is 0.524. The van der Waals surface area contributed by atoms with Gasteiger partial charge in [0.2, 0.25) is 0 Å². The fourth-order valence-corrected chi connectivity index (χ4v) is 4.58. The van der Waals surface area contributed by atoms with Crippen LogP contribution in [0.2, 0.25) is 0 Å². The minimum Gasteiger partial charge on any atom is -0.493 e. The van der Waals surface area contributed by atoms with Crippen molar-refractivity contribution < 1.29 is 9.66 Å². The third-order valence-electron chi connectivity index (χ3n) is 5.38. The Labute approximate surface area is 165 Å². The van der Waals surface area contributed by atoms with Crippen LogP contribution in [0, 0.1) is 16.0 Å². The minimum absolute atomic E-state index is 0.0956. The Kier molecular flexibility index (Phi) is 7.24. The Balaban J connectivity index is 1.62. The van der Waals surface area contributed by atoms with E-state index in [4.69, 9.17) is 4.74 Å². The van der Waals surface area contributed by atoms with Crippen molar-refractivity contribution in [3.8, 4) is 5.75 Å². The van der Waals surface area contributed by atoms with Gasteiger partial charge in [0, 0.05) is 24.6 Å². The van der Waals surface area contributed by atoms with Crippen molar-refractivity contribution in [2.75, 3.05) is 26.2 Å². The van der Waals surface area contributed by atoms with E-state index in [1.165, 1.54) is 37.0 Å². The van der Waals surface area contributed by atoms with Crippen LogP contribution in [0.25, 0.3) is 0 Å². The predicted molar refractivity (Wildman–Crippen MR) is 110 cm³/mol. The van der Waals surface area contributed by atoms with E-state index in [-0.39, 0.29) is 10.6 Å². The largest absolute Gasteiger partial charge is 0.493 e. The Hall–Kier alpha value is -1.92. The molecular weight excluding hydrogens is 360 g/mol. The van der Waals surface area contributed by atoms with Crippen LogP contribution in [0.15, 0.2) is 41.1 Å². The highest BCUT2D eigenvalue weighted by Crippen LogP contribution is 2.35. The van der Waals surface area contributed by atoms with Crippen molar-refractivity contribution in [3.63, 3.8) is 0 Å². The highest BCUT2D eigenvalue weighted by atomic mass is 32.1. The molecule has 1 aliphatic rings. The molecule has 1 aliphatic heterocycles. The van der Waals surface area contributed by atoms with Crippen molar-refractivity contribution in [1.82, 2.24) is 4.90 Å². The van der Waals surface area contributed by atoms with Crippen LogP contribution in [0.1, 0.15) is 44.1 Å². The Bertz CT molecular complexity index is 703. The molecule has 0 spiro atoms. The van der Waals surface area contributed by atoms with E-state index < -0.39 is 0 Å². The second-order valence-corrected chi connectivity index (χ2v) is 8.06. The molecule has 0 amide bonds. The third kappa shape index (κ3) is 5.53. The molecule has 1 aromatic heterocycles. The number of unbranched alkanes of at least 4 members (excludes halogenated alkanes) is 2. The molecule has 2 aromatic rings. The van der Waals surface area contributed by atoms with Crippen molar-refractivity contribution >= 4 is 17.0 Å². The number of nitro groups is 1. The van der Waals surface area contributed by atoms with Crippen LogP contribution < -0.4 is 4.74 Å².